The molecule has 0 saturated heterocycles. The second kappa shape index (κ2) is 4.88. The van der Waals surface area contributed by atoms with Gasteiger partial charge >= 0.3 is 5.97 Å². The van der Waals surface area contributed by atoms with E-state index in [1.807, 2.05) is 20.8 Å². The maximum atomic E-state index is 12.1. The van der Waals surface area contributed by atoms with E-state index in [0.29, 0.717) is 5.92 Å². The van der Waals surface area contributed by atoms with Gasteiger partial charge in [-0.25, -0.2) is 0 Å². The highest BCUT2D eigenvalue weighted by molar-refractivity contribution is 5.77. The third-order valence-electron chi connectivity index (χ3n) is 4.05. The molecule has 1 aliphatic carbocycles. The van der Waals surface area contributed by atoms with Crippen LogP contribution in [0.4, 0.5) is 0 Å². The fraction of sp³-hybridized carbons (Fsp3) is 0.588. The van der Waals surface area contributed by atoms with Gasteiger partial charge in [-0.3, -0.25) is 4.79 Å². The predicted molar refractivity (Wildman–Crippen MR) is 78.5 cm³/mol. The van der Waals surface area contributed by atoms with Gasteiger partial charge < -0.3 is 10.1 Å². The van der Waals surface area contributed by atoms with Gasteiger partial charge in [0.15, 0.2) is 0 Å². The number of esters is 1. The summed E-state index contributed by atoms with van der Waals surface area (Å²) in [6, 6.07) is 6.69. The van der Waals surface area contributed by atoms with Crippen LogP contribution >= 0.6 is 0 Å². The van der Waals surface area contributed by atoms with Crippen LogP contribution < -0.4 is 5.32 Å². The van der Waals surface area contributed by atoms with E-state index in [-0.39, 0.29) is 17.5 Å². The van der Waals surface area contributed by atoms with E-state index >= 15 is 0 Å². The van der Waals surface area contributed by atoms with Gasteiger partial charge in [0.2, 0.25) is 0 Å². The van der Waals surface area contributed by atoms with Gasteiger partial charge in [0, 0.05) is 6.54 Å². The van der Waals surface area contributed by atoms with E-state index in [9.17, 15) is 4.79 Å². The van der Waals surface area contributed by atoms with Crippen LogP contribution in [0.3, 0.4) is 0 Å². The van der Waals surface area contributed by atoms with E-state index < -0.39 is 0 Å². The smallest absolute Gasteiger partial charge is 0.310 e. The first-order valence-electron chi connectivity index (χ1n) is 7.49. The Labute approximate surface area is 120 Å². The highest BCUT2D eigenvalue weighted by atomic mass is 16.6. The van der Waals surface area contributed by atoms with Crippen LogP contribution in [0.1, 0.15) is 49.8 Å². The van der Waals surface area contributed by atoms with Crippen LogP contribution in [-0.2, 0) is 22.5 Å². The standard InChI is InChI=1S/C17H23NO2/c1-17(2,3)20-16(19)15-9-14(15)12-4-5-13-10-18-7-6-11(13)8-12/h4-5,8,14-15,18H,6-7,9-10H2,1-3H3. The molecule has 0 spiro atoms. The lowest BCUT2D eigenvalue weighted by atomic mass is 9.96. The van der Waals surface area contributed by atoms with E-state index in [4.69, 9.17) is 4.74 Å². The van der Waals surface area contributed by atoms with Crippen molar-refractivity contribution in [1.29, 1.82) is 0 Å². The minimum Gasteiger partial charge on any atom is -0.460 e. The number of carbonyl (C=O) groups is 1. The maximum Gasteiger partial charge on any atom is 0.310 e. The molecule has 3 rings (SSSR count). The quantitative estimate of drug-likeness (QED) is 0.842. The third kappa shape index (κ3) is 2.88. The van der Waals surface area contributed by atoms with Gasteiger partial charge in [0.1, 0.15) is 5.60 Å². The third-order valence-corrected chi connectivity index (χ3v) is 4.05. The Morgan fingerprint density at radius 1 is 1.30 bits per heavy atom. The summed E-state index contributed by atoms with van der Waals surface area (Å²) in [6.07, 6.45) is 2.03. The second-order valence-electron chi connectivity index (χ2n) is 6.94. The van der Waals surface area contributed by atoms with Crippen molar-refractivity contribution in [2.45, 2.75) is 51.7 Å². The predicted octanol–water partition coefficient (Wildman–Crippen LogP) is 2.78. The van der Waals surface area contributed by atoms with Gasteiger partial charge in [-0.15, -0.1) is 0 Å². The molecule has 3 heteroatoms. The molecule has 1 heterocycles. The molecule has 0 amide bonds. The minimum absolute atomic E-state index is 0.0399. The molecular formula is C17H23NO2. The van der Waals surface area contributed by atoms with Crippen molar-refractivity contribution in [3.05, 3.63) is 34.9 Å². The number of rotatable bonds is 2. The molecule has 0 bridgehead atoms. The Balaban J connectivity index is 1.69. The van der Waals surface area contributed by atoms with Crippen LogP contribution in [-0.4, -0.2) is 18.1 Å². The molecule has 2 atom stereocenters. The number of benzene rings is 1. The largest absolute Gasteiger partial charge is 0.460 e. The van der Waals surface area contributed by atoms with Gasteiger partial charge in [-0.1, -0.05) is 18.2 Å². The number of hydrogen-bond donors (Lipinski definition) is 1. The van der Waals surface area contributed by atoms with Crippen molar-refractivity contribution in [2.75, 3.05) is 6.54 Å². The number of carbonyl (C=O) groups excluding carboxylic acids is 1. The summed E-state index contributed by atoms with van der Waals surface area (Å²) in [7, 11) is 0. The maximum absolute atomic E-state index is 12.1. The lowest BCUT2D eigenvalue weighted by Gasteiger charge is -2.20. The molecule has 0 aromatic heterocycles. The first-order chi connectivity index (χ1) is 9.44. The van der Waals surface area contributed by atoms with E-state index in [1.54, 1.807) is 0 Å². The summed E-state index contributed by atoms with van der Waals surface area (Å²) in [5.74, 6) is 0.390. The monoisotopic (exact) mass is 273 g/mol. The molecule has 2 unspecified atom stereocenters. The van der Waals surface area contributed by atoms with Crippen molar-refractivity contribution in [1.82, 2.24) is 5.32 Å². The summed E-state index contributed by atoms with van der Waals surface area (Å²) in [4.78, 5) is 12.1. The Hall–Kier alpha value is -1.35. The van der Waals surface area contributed by atoms with Crippen molar-refractivity contribution in [3.63, 3.8) is 0 Å². The number of ether oxygens (including phenoxy) is 1. The Morgan fingerprint density at radius 3 is 2.85 bits per heavy atom. The Morgan fingerprint density at radius 2 is 2.10 bits per heavy atom. The average Bonchev–Trinajstić information content (AvgIpc) is 3.16. The van der Waals surface area contributed by atoms with Crippen LogP contribution in [0.15, 0.2) is 18.2 Å². The molecule has 1 aromatic carbocycles. The van der Waals surface area contributed by atoms with Crippen LogP contribution in [0.5, 0.6) is 0 Å². The zero-order valence-corrected chi connectivity index (χ0v) is 12.5. The normalized spacial score (nSPS) is 24.9. The lowest BCUT2D eigenvalue weighted by molar-refractivity contribution is -0.156. The van der Waals surface area contributed by atoms with Gasteiger partial charge in [0.05, 0.1) is 5.92 Å². The summed E-state index contributed by atoms with van der Waals surface area (Å²) in [6.45, 7) is 7.79. The number of fused-ring (bicyclic) bond motifs is 1. The summed E-state index contributed by atoms with van der Waals surface area (Å²) >= 11 is 0. The van der Waals surface area contributed by atoms with E-state index in [2.05, 4.69) is 23.5 Å². The minimum atomic E-state index is -0.383. The van der Waals surface area contributed by atoms with Crippen molar-refractivity contribution in [2.24, 2.45) is 5.92 Å². The van der Waals surface area contributed by atoms with Crippen molar-refractivity contribution < 1.29 is 9.53 Å². The topological polar surface area (TPSA) is 38.3 Å². The molecule has 1 N–H and O–H groups in total. The summed E-state index contributed by atoms with van der Waals surface area (Å²) in [5.41, 5.74) is 3.76. The summed E-state index contributed by atoms with van der Waals surface area (Å²) in [5, 5.41) is 3.38. The molecule has 1 aromatic rings. The molecule has 1 aliphatic heterocycles. The number of nitrogens with one attached hydrogen (secondary N) is 1. The van der Waals surface area contributed by atoms with Gasteiger partial charge in [-0.2, -0.15) is 0 Å². The first kappa shape index (κ1) is 13.6. The fourth-order valence-corrected chi connectivity index (χ4v) is 2.93. The first-order valence-corrected chi connectivity index (χ1v) is 7.49. The molecule has 1 saturated carbocycles. The molecular weight excluding hydrogens is 250 g/mol. The SMILES string of the molecule is CC(C)(C)OC(=O)C1CC1c1ccc2c(c1)CCNC2. The van der Waals surface area contributed by atoms with Gasteiger partial charge in [-0.05, 0) is 62.8 Å². The molecule has 1 fully saturated rings. The van der Waals surface area contributed by atoms with E-state index in [1.165, 1.54) is 16.7 Å². The lowest BCUT2D eigenvalue weighted by Crippen LogP contribution is -2.25. The van der Waals surface area contributed by atoms with Crippen LogP contribution in [0, 0.1) is 5.92 Å². The van der Waals surface area contributed by atoms with Crippen LogP contribution in [0.2, 0.25) is 0 Å². The zero-order valence-electron chi connectivity index (χ0n) is 12.5. The highest BCUT2D eigenvalue weighted by Gasteiger charge is 2.46. The highest BCUT2D eigenvalue weighted by Crippen LogP contribution is 2.49. The van der Waals surface area contributed by atoms with Crippen LogP contribution in [0.25, 0.3) is 0 Å². The average molecular weight is 273 g/mol. The fourth-order valence-electron chi connectivity index (χ4n) is 2.93. The van der Waals surface area contributed by atoms with Gasteiger partial charge in [0.25, 0.3) is 0 Å². The molecule has 108 valence electrons. The molecule has 20 heavy (non-hydrogen) atoms. The zero-order chi connectivity index (χ0) is 14.3. The van der Waals surface area contributed by atoms with Crippen molar-refractivity contribution in [3.8, 4) is 0 Å². The number of hydrogen-bond acceptors (Lipinski definition) is 3. The van der Waals surface area contributed by atoms with E-state index in [0.717, 1.165) is 25.9 Å². The molecule has 3 nitrogen and oxygen atoms in total. The molecule has 0 radical (unpaired) electrons. The molecule has 2 aliphatic rings. The Kier molecular flexibility index (Phi) is 3.33. The second-order valence-corrected chi connectivity index (χ2v) is 6.94. The van der Waals surface area contributed by atoms with Crippen molar-refractivity contribution >= 4 is 5.97 Å². The Bertz CT molecular complexity index is 530. The summed E-state index contributed by atoms with van der Waals surface area (Å²) < 4.78 is 5.48.